The molecule has 22 N–H and O–H groups in total. The first-order valence-corrected chi connectivity index (χ1v) is 40.5. The molecule has 51 heteroatoms. The third kappa shape index (κ3) is 17.8. The second-order valence-corrected chi connectivity index (χ2v) is 31.4. The number of fused-ring (bicyclic) bond motifs is 4. The number of rotatable bonds is 26. The Labute approximate surface area is 677 Å². The Morgan fingerprint density at radius 3 is 1.25 bits per heavy atom. The molecule has 0 spiro atoms. The molecule has 20 atom stereocenters. The lowest BCUT2D eigenvalue weighted by atomic mass is 9.90. The number of aromatic nitrogens is 12. The van der Waals surface area contributed by atoms with Crippen LogP contribution in [0.5, 0.6) is 11.5 Å². The fourth-order valence-electron chi connectivity index (χ4n) is 13.4. The standard InChI is InChI=1S/C27H37N6O9P.C18H18N5O7P.C12H14N5O7P.C12H13N5O4/c1-4-17(5-2)13-39-25(36)16(3)32-43(38,42-18-9-7-6-8-10-18)40-14-20-22(34)23(35)27(41-20,26(29)37)21-12-11-19-24(28)30-15-31-33(19)21;19-9-18(14-7-6-12-17(20)21-10-22-23(12)14)16(25)15(24)13(29-18)8-28-31(26,27)30-11-4-2-1-3-5-11;13-4-12(8-2-1-6-11(14)15-5-16-17(6)8)10(19)9(18)7(24-12)3-23-25(20,21)22;13-4-12(10(20)9(19)7(3-18)21-12)8-2-1-6-11(14)15-5-16-17(6)8/h6-12,15-17,20,22-23,34-35H,4-5,13-14H2,1-3H3,(H2,29,37)(H,32,38)(H2,28,30,31);1-7,10,13,15-16,24-25H,8H2,(H,26,27)(H2,20,21,22);1-2,5,7,9-10,18-19H,3H2,(H2,14,15,16)(H2,20,21,22);1-2,5,7,9-10,18-20H,3H2,(H2,14,15,16)/p-1/t16-,20+,22+,23+,27-,43-;13-,15-,16-,18+;2*7-,9-,10-,12+/m0111/s1. The Morgan fingerprint density at radius 1 is 0.525 bits per heavy atom. The second-order valence-electron chi connectivity index (χ2n) is 27.1. The lowest BCUT2D eigenvalue weighted by Gasteiger charge is -2.28. The highest BCUT2D eigenvalue weighted by molar-refractivity contribution is 7.52. The number of primary amides is 1. The first-order valence-electron chi connectivity index (χ1n) is 36.0. The number of carbonyl (C=O) groups is 2. The number of nitriles is 3. The van der Waals surface area contributed by atoms with Crippen molar-refractivity contribution < 1.29 is 130 Å². The Kier molecular flexibility index (Phi) is 27.3. The maximum absolute atomic E-state index is 13.9. The summed E-state index contributed by atoms with van der Waals surface area (Å²) in [4.78, 5) is 70.2. The molecule has 2 unspecified atom stereocenters. The van der Waals surface area contributed by atoms with Gasteiger partial charge in [-0.2, -0.15) is 41.3 Å². The molecule has 4 aliphatic heterocycles. The summed E-state index contributed by atoms with van der Waals surface area (Å²) in [5.74, 6) is -0.808. The average molecular weight is 1730 g/mol. The first kappa shape index (κ1) is 89.8. The number of anilines is 4. The minimum Gasteiger partial charge on any atom is -0.756 e. The van der Waals surface area contributed by atoms with Gasteiger partial charge in [0.15, 0.2) is 23.3 Å². The summed E-state index contributed by atoms with van der Waals surface area (Å²) in [5, 5.41) is 140. The van der Waals surface area contributed by atoms with Crippen LogP contribution in [-0.2, 0) is 82.9 Å². The van der Waals surface area contributed by atoms with E-state index in [0.717, 1.165) is 31.8 Å². The van der Waals surface area contributed by atoms with Gasteiger partial charge in [-0.1, -0.05) is 63.1 Å². The quantitative estimate of drug-likeness (QED) is 0.0195. The van der Waals surface area contributed by atoms with Crippen LogP contribution in [0.2, 0.25) is 0 Å². The van der Waals surface area contributed by atoms with Crippen LogP contribution in [0.25, 0.3) is 22.1 Å². The molecule has 0 radical (unpaired) electrons. The third-order valence-corrected chi connectivity index (χ3v) is 22.8. The van der Waals surface area contributed by atoms with Gasteiger partial charge in [-0.25, -0.2) is 47.1 Å². The van der Waals surface area contributed by atoms with Crippen LogP contribution in [0.15, 0.2) is 135 Å². The van der Waals surface area contributed by atoms with Gasteiger partial charge in [0.1, 0.15) is 156 Å². The number of ether oxygens (including phenoxy) is 5. The van der Waals surface area contributed by atoms with Gasteiger partial charge < -0.3 is 122 Å². The molecule has 4 aliphatic rings. The average Bonchev–Trinajstić information content (AvgIpc) is 1.57. The van der Waals surface area contributed by atoms with Crippen LogP contribution in [0.3, 0.4) is 0 Å². The number of benzene rings is 2. The molecular weight excluding hydrogens is 1650 g/mol. The van der Waals surface area contributed by atoms with E-state index < -0.39 is 163 Å². The molecule has 8 aromatic heterocycles. The van der Waals surface area contributed by atoms with Gasteiger partial charge in [0.05, 0.1) is 55.8 Å². The monoisotopic (exact) mass is 1730 g/mol. The van der Waals surface area contributed by atoms with Crippen LogP contribution in [-0.4, -0.2) is 238 Å². The lowest BCUT2D eigenvalue weighted by molar-refractivity contribution is -0.223. The fourth-order valence-corrected chi connectivity index (χ4v) is 16.0. The zero-order chi connectivity index (χ0) is 87.2. The summed E-state index contributed by atoms with van der Waals surface area (Å²) in [7, 11) is -14.0. The number of nitrogens with one attached hydrogen (secondary N) is 1. The van der Waals surface area contributed by atoms with Crippen molar-refractivity contribution in [1.29, 1.82) is 15.8 Å². The largest absolute Gasteiger partial charge is 0.756 e. The number of aliphatic hydroxyl groups excluding tert-OH is 9. The van der Waals surface area contributed by atoms with Crippen molar-refractivity contribution in [3.8, 4) is 29.7 Å². The van der Waals surface area contributed by atoms with Crippen LogP contribution in [0.1, 0.15) is 56.4 Å². The number of nitrogens with zero attached hydrogens (tertiary/aromatic N) is 15. The molecule has 640 valence electrons. The van der Waals surface area contributed by atoms with Gasteiger partial charge in [-0.05, 0) is 85.6 Å². The van der Waals surface area contributed by atoms with Gasteiger partial charge in [-0.3, -0.25) is 28.1 Å². The van der Waals surface area contributed by atoms with Crippen molar-refractivity contribution >= 4 is 80.6 Å². The molecule has 4 saturated heterocycles. The topological polar surface area (TPSA) is 758 Å². The normalized spacial score (nSPS) is 28.0. The van der Waals surface area contributed by atoms with Crippen LogP contribution < -0.4 is 47.7 Å². The summed E-state index contributed by atoms with van der Waals surface area (Å²) < 4.78 is 95.0. The molecule has 0 aliphatic carbocycles. The Hall–Kier alpha value is -11.0. The van der Waals surface area contributed by atoms with E-state index >= 15 is 0 Å². The highest BCUT2D eigenvalue weighted by Gasteiger charge is 2.63. The minimum atomic E-state index is -5.07. The molecular formula is C69H81N21O27P3-. The lowest BCUT2D eigenvalue weighted by Crippen LogP contribution is -2.51. The molecule has 48 nitrogen and oxygen atoms in total. The van der Waals surface area contributed by atoms with E-state index in [1.54, 1.807) is 48.5 Å². The maximum Gasteiger partial charge on any atom is 0.527 e. The summed E-state index contributed by atoms with van der Waals surface area (Å²) in [6.45, 7) is 3.01. The third-order valence-electron chi connectivity index (χ3n) is 19.8. The fraction of sp³-hybridized carbons (Fsp3) is 0.406. The van der Waals surface area contributed by atoms with Gasteiger partial charge >= 0.3 is 21.5 Å². The van der Waals surface area contributed by atoms with Crippen molar-refractivity contribution in [2.45, 2.75) is 135 Å². The molecule has 2 aromatic carbocycles. The number of phosphoric ester groups is 2. The number of amides is 1. The first-order chi connectivity index (χ1) is 57.0. The number of hydrogen-bond acceptors (Lipinski definition) is 40. The number of esters is 1. The number of aliphatic hydroxyl groups is 9. The molecule has 0 bridgehead atoms. The van der Waals surface area contributed by atoms with E-state index in [9.17, 15) is 94.8 Å². The highest BCUT2D eigenvalue weighted by atomic mass is 31.2. The zero-order valence-electron chi connectivity index (χ0n) is 63.1. The SMILES string of the molecule is CCC(CC)COC(=O)[C@H](C)N[P@](=O)(OC[C@H]1O[C@@](C(N)=O)(c2ccc3c(N)ncnn23)[C@H](O)[C@@H]1O)Oc1ccccc1.N#C[C@@]1(c2ccc3c(N)ncnn23)O[C@H](CO)[C@@H](O)[C@H]1O.N#C[C@@]1(c2ccc3c(N)ncnn23)O[C@H](COP(=O)(O)Oc2ccccc2)[C@@H](O)[C@H]1O.N#C[C@@]1(c2ccc3c(N)ncnn23)O[C@H](COP(=O)([O-])O)[C@@H](O)[C@H]1O. The minimum absolute atomic E-state index is 0.0196. The van der Waals surface area contributed by atoms with Crippen molar-refractivity contribution in [2.75, 3.05) is 56.0 Å². The predicted octanol–water partition coefficient (Wildman–Crippen LogP) is -2.61. The Morgan fingerprint density at radius 2 is 0.875 bits per heavy atom. The number of nitrogens with two attached hydrogens (primary N) is 5. The number of para-hydroxylation sites is 2. The van der Waals surface area contributed by atoms with Crippen molar-refractivity contribution in [3.63, 3.8) is 0 Å². The summed E-state index contributed by atoms with van der Waals surface area (Å²) in [5.41, 5.74) is 22.4. The van der Waals surface area contributed by atoms with E-state index in [2.05, 4.69) is 49.9 Å². The van der Waals surface area contributed by atoms with E-state index in [0.29, 0.717) is 22.1 Å². The molecule has 12 heterocycles. The second kappa shape index (κ2) is 36.5. The van der Waals surface area contributed by atoms with E-state index in [-0.39, 0.29) is 70.1 Å². The number of phosphoric acid groups is 2. The van der Waals surface area contributed by atoms with Crippen molar-refractivity contribution in [3.05, 3.63) is 157 Å². The molecule has 1 amide bonds. The predicted molar refractivity (Wildman–Crippen MR) is 404 cm³/mol. The molecule has 120 heavy (non-hydrogen) atoms. The van der Waals surface area contributed by atoms with Crippen LogP contribution in [0.4, 0.5) is 23.3 Å². The van der Waals surface area contributed by atoms with Crippen LogP contribution in [0, 0.1) is 39.9 Å². The van der Waals surface area contributed by atoms with E-state index in [1.807, 2.05) is 26.0 Å². The summed E-state index contributed by atoms with van der Waals surface area (Å²) in [6.07, 6.45) is -12.2. The molecule has 0 saturated carbocycles. The number of nitrogen functional groups attached to an aromatic ring is 4. The van der Waals surface area contributed by atoms with E-state index in [4.69, 9.17) is 75.3 Å². The molecule has 4 fully saturated rings. The summed E-state index contributed by atoms with van der Waals surface area (Å²) in [6, 6.07) is 32.2. The Balaban J connectivity index is 0.000000162. The van der Waals surface area contributed by atoms with Gasteiger partial charge in [0.25, 0.3) is 13.7 Å². The van der Waals surface area contributed by atoms with Gasteiger partial charge in [0.2, 0.25) is 22.4 Å². The molecule has 10 aromatic rings. The molecule has 14 rings (SSSR count). The summed E-state index contributed by atoms with van der Waals surface area (Å²) >= 11 is 0. The van der Waals surface area contributed by atoms with Crippen molar-refractivity contribution in [2.24, 2.45) is 11.7 Å². The van der Waals surface area contributed by atoms with Crippen molar-refractivity contribution in [1.82, 2.24) is 63.5 Å². The van der Waals surface area contributed by atoms with Gasteiger partial charge in [-0.15, -0.1) is 0 Å². The highest BCUT2D eigenvalue weighted by Crippen LogP contribution is 2.50. The number of carbonyl (C=O) groups excluding carboxylic acids is 2. The smallest absolute Gasteiger partial charge is 0.527 e. The maximum atomic E-state index is 13.9. The zero-order valence-corrected chi connectivity index (χ0v) is 65.8. The van der Waals surface area contributed by atoms with Crippen LogP contribution >= 0.6 is 23.4 Å². The van der Waals surface area contributed by atoms with Gasteiger partial charge in [0, 0.05) is 0 Å². The number of hydrogen-bond donors (Lipinski definition) is 17. The van der Waals surface area contributed by atoms with E-state index in [1.165, 1.54) is 98.0 Å². The Bertz CT molecular complexity index is 5600.